The van der Waals surface area contributed by atoms with Crippen molar-refractivity contribution in [2.24, 2.45) is 5.73 Å². The van der Waals surface area contributed by atoms with Gasteiger partial charge in [-0.05, 0) is 19.3 Å². The summed E-state index contributed by atoms with van der Waals surface area (Å²) >= 11 is 0. The number of hydrogen-bond donors (Lipinski definition) is 3. The van der Waals surface area contributed by atoms with Crippen molar-refractivity contribution < 1.29 is 9.59 Å². The summed E-state index contributed by atoms with van der Waals surface area (Å²) in [6.07, 6.45) is 5.46. The molecule has 1 aliphatic carbocycles. The topological polar surface area (TPSA) is 101 Å². The van der Waals surface area contributed by atoms with Crippen LogP contribution in [0.1, 0.15) is 25.0 Å². The number of nitrogens with two attached hydrogens (primary N) is 1. The third kappa shape index (κ3) is 2.21. The molecule has 0 atom stereocenters. The summed E-state index contributed by atoms with van der Waals surface area (Å²) in [5, 5.41) is 2.68. The third-order valence-corrected chi connectivity index (χ3v) is 2.78. The number of hydrogen-bond acceptors (Lipinski definition) is 3. The lowest BCUT2D eigenvalue weighted by Crippen LogP contribution is -2.46. The number of primary amides is 1. The molecule has 0 unspecified atom stereocenters. The summed E-state index contributed by atoms with van der Waals surface area (Å²) in [6, 6.07) is 0. The Morgan fingerprint density at radius 3 is 2.81 bits per heavy atom. The van der Waals surface area contributed by atoms with Gasteiger partial charge in [0.05, 0.1) is 6.33 Å². The summed E-state index contributed by atoms with van der Waals surface area (Å²) in [5.74, 6) is -0.590. The number of aromatic amines is 1. The molecule has 1 saturated carbocycles. The Kier molecular flexibility index (Phi) is 2.64. The Hall–Kier alpha value is -1.85. The predicted octanol–water partition coefficient (Wildman–Crippen LogP) is -0.524. The lowest BCUT2D eigenvalue weighted by Gasteiger charge is -2.12. The third-order valence-electron chi connectivity index (χ3n) is 2.78. The molecule has 1 fully saturated rings. The molecule has 86 valence electrons. The van der Waals surface area contributed by atoms with Crippen molar-refractivity contribution in [2.45, 2.75) is 31.2 Å². The smallest absolute Gasteiger partial charge is 0.243 e. The zero-order chi connectivity index (χ0) is 11.6. The summed E-state index contributed by atoms with van der Waals surface area (Å²) in [7, 11) is 0. The van der Waals surface area contributed by atoms with Crippen molar-refractivity contribution in [1.29, 1.82) is 0 Å². The minimum atomic E-state index is -0.759. The van der Waals surface area contributed by atoms with Gasteiger partial charge < -0.3 is 16.0 Å². The molecule has 6 heteroatoms. The van der Waals surface area contributed by atoms with Crippen LogP contribution in [0, 0.1) is 0 Å². The minimum absolute atomic E-state index is 0.147. The van der Waals surface area contributed by atoms with Gasteiger partial charge in [-0.25, -0.2) is 4.98 Å². The number of nitrogens with one attached hydrogen (secondary N) is 2. The highest BCUT2D eigenvalue weighted by Crippen LogP contribution is 2.34. The average Bonchev–Trinajstić information content (AvgIpc) is 2.84. The highest BCUT2D eigenvalue weighted by Gasteiger charge is 2.49. The fourth-order valence-corrected chi connectivity index (χ4v) is 1.56. The van der Waals surface area contributed by atoms with E-state index in [1.807, 2.05) is 0 Å². The SMILES string of the molecule is NC(=O)C1(NC(=O)CCc2cnc[nH]2)CC1. The molecule has 0 aliphatic heterocycles. The highest BCUT2D eigenvalue weighted by molar-refractivity contribution is 5.93. The van der Waals surface area contributed by atoms with Gasteiger partial charge in [-0.3, -0.25) is 9.59 Å². The molecule has 0 saturated heterocycles. The molecule has 16 heavy (non-hydrogen) atoms. The Labute approximate surface area is 92.6 Å². The maximum atomic E-state index is 11.5. The molecule has 1 aromatic rings. The summed E-state index contributed by atoms with van der Waals surface area (Å²) < 4.78 is 0. The Bertz CT molecular complexity index is 395. The lowest BCUT2D eigenvalue weighted by molar-refractivity contribution is -0.128. The second-order valence-electron chi connectivity index (χ2n) is 4.07. The van der Waals surface area contributed by atoms with Crippen LogP contribution in [0.25, 0.3) is 0 Å². The van der Waals surface area contributed by atoms with Crippen molar-refractivity contribution in [3.05, 3.63) is 18.2 Å². The van der Waals surface area contributed by atoms with Gasteiger partial charge in [0, 0.05) is 18.3 Å². The van der Waals surface area contributed by atoms with E-state index >= 15 is 0 Å². The second-order valence-corrected chi connectivity index (χ2v) is 4.07. The first-order valence-corrected chi connectivity index (χ1v) is 5.20. The summed E-state index contributed by atoms with van der Waals surface area (Å²) in [6.45, 7) is 0. The number of H-pyrrole nitrogens is 1. The molecule has 1 aliphatic rings. The van der Waals surface area contributed by atoms with Crippen LogP contribution >= 0.6 is 0 Å². The molecule has 0 radical (unpaired) electrons. The predicted molar refractivity (Wildman–Crippen MR) is 56.2 cm³/mol. The number of rotatable bonds is 5. The van der Waals surface area contributed by atoms with Gasteiger partial charge in [-0.1, -0.05) is 0 Å². The number of aromatic nitrogens is 2. The normalized spacial score (nSPS) is 16.8. The van der Waals surface area contributed by atoms with Crippen LogP contribution in [0.15, 0.2) is 12.5 Å². The van der Waals surface area contributed by atoms with Crippen LogP contribution in [0.5, 0.6) is 0 Å². The first-order valence-electron chi connectivity index (χ1n) is 5.20. The van der Waals surface area contributed by atoms with Gasteiger partial charge in [0.25, 0.3) is 0 Å². The Balaban J connectivity index is 1.79. The standard InChI is InChI=1S/C10H14N4O2/c11-9(16)10(3-4-10)14-8(15)2-1-7-5-12-6-13-7/h5-6H,1-4H2,(H2,11,16)(H,12,13)(H,14,15). The van der Waals surface area contributed by atoms with E-state index in [0.29, 0.717) is 25.7 Å². The van der Waals surface area contributed by atoms with Gasteiger partial charge in [-0.2, -0.15) is 0 Å². The van der Waals surface area contributed by atoms with Gasteiger partial charge in [0.1, 0.15) is 5.54 Å². The van der Waals surface area contributed by atoms with Crippen molar-refractivity contribution in [3.8, 4) is 0 Å². The second kappa shape index (κ2) is 3.96. The molecule has 2 amide bonds. The maximum absolute atomic E-state index is 11.5. The molecule has 1 heterocycles. The fraction of sp³-hybridized carbons (Fsp3) is 0.500. The van der Waals surface area contributed by atoms with Gasteiger partial charge in [-0.15, -0.1) is 0 Å². The Morgan fingerprint density at radius 1 is 1.56 bits per heavy atom. The largest absolute Gasteiger partial charge is 0.368 e. The van der Waals surface area contributed by atoms with Gasteiger partial charge >= 0.3 is 0 Å². The Morgan fingerprint density at radius 2 is 2.31 bits per heavy atom. The van der Waals surface area contributed by atoms with E-state index in [4.69, 9.17) is 5.73 Å². The van der Waals surface area contributed by atoms with Crippen LogP contribution < -0.4 is 11.1 Å². The van der Waals surface area contributed by atoms with Crippen LogP contribution in [0.3, 0.4) is 0 Å². The lowest BCUT2D eigenvalue weighted by atomic mass is 10.2. The summed E-state index contributed by atoms with van der Waals surface area (Å²) in [5.41, 5.74) is 5.34. The van der Waals surface area contributed by atoms with E-state index in [9.17, 15) is 9.59 Å². The first kappa shape index (κ1) is 10.7. The van der Waals surface area contributed by atoms with E-state index in [0.717, 1.165) is 5.69 Å². The molecule has 0 spiro atoms. The number of imidazole rings is 1. The zero-order valence-electron chi connectivity index (χ0n) is 8.82. The average molecular weight is 222 g/mol. The van der Waals surface area contributed by atoms with Gasteiger partial charge in [0.2, 0.25) is 11.8 Å². The van der Waals surface area contributed by atoms with Crippen molar-refractivity contribution in [2.75, 3.05) is 0 Å². The van der Waals surface area contributed by atoms with Crippen LogP contribution in [-0.2, 0) is 16.0 Å². The molecule has 4 N–H and O–H groups in total. The van der Waals surface area contributed by atoms with Crippen molar-refractivity contribution in [3.63, 3.8) is 0 Å². The maximum Gasteiger partial charge on any atom is 0.243 e. The molecule has 0 bridgehead atoms. The molecule has 1 aromatic heterocycles. The monoisotopic (exact) mass is 222 g/mol. The molecule has 2 rings (SSSR count). The van der Waals surface area contributed by atoms with E-state index in [-0.39, 0.29) is 5.91 Å². The zero-order valence-corrected chi connectivity index (χ0v) is 8.82. The van der Waals surface area contributed by atoms with Gasteiger partial charge in [0.15, 0.2) is 0 Å². The molecule has 0 aromatic carbocycles. The molecular weight excluding hydrogens is 208 g/mol. The fourth-order valence-electron chi connectivity index (χ4n) is 1.56. The van der Waals surface area contributed by atoms with Crippen LogP contribution in [0.4, 0.5) is 0 Å². The number of amides is 2. The van der Waals surface area contributed by atoms with Crippen molar-refractivity contribution >= 4 is 11.8 Å². The molecular formula is C10H14N4O2. The number of carbonyl (C=O) groups excluding carboxylic acids is 2. The highest BCUT2D eigenvalue weighted by atomic mass is 16.2. The first-order chi connectivity index (χ1) is 7.62. The number of aryl methyl sites for hydroxylation is 1. The van der Waals surface area contributed by atoms with Crippen LogP contribution in [-0.4, -0.2) is 27.3 Å². The quantitative estimate of drug-likeness (QED) is 0.624. The minimum Gasteiger partial charge on any atom is -0.368 e. The molecule has 6 nitrogen and oxygen atoms in total. The van der Waals surface area contributed by atoms with E-state index in [1.165, 1.54) is 0 Å². The van der Waals surface area contributed by atoms with E-state index in [2.05, 4.69) is 15.3 Å². The van der Waals surface area contributed by atoms with Crippen molar-refractivity contribution in [1.82, 2.24) is 15.3 Å². The number of carbonyl (C=O) groups is 2. The number of nitrogens with zero attached hydrogens (tertiary/aromatic N) is 1. The van der Waals surface area contributed by atoms with E-state index in [1.54, 1.807) is 12.5 Å². The summed E-state index contributed by atoms with van der Waals surface area (Å²) in [4.78, 5) is 29.4. The van der Waals surface area contributed by atoms with E-state index < -0.39 is 11.4 Å². The van der Waals surface area contributed by atoms with Crippen LogP contribution in [0.2, 0.25) is 0 Å².